The van der Waals surface area contributed by atoms with Crippen molar-refractivity contribution in [2.45, 2.75) is 12.8 Å². The smallest absolute Gasteiger partial charge is 0.305 e. The Morgan fingerprint density at radius 2 is 2.30 bits per heavy atom. The van der Waals surface area contributed by atoms with Gasteiger partial charge in [-0.2, -0.15) is 4.39 Å². The van der Waals surface area contributed by atoms with Crippen LogP contribution in [-0.4, -0.2) is 37.1 Å². The number of ether oxygens (including phenoxy) is 1. The molecule has 0 bridgehead atoms. The molecule has 1 aromatic rings. The topological polar surface area (TPSA) is 93.5 Å². The van der Waals surface area contributed by atoms with Crippen molar-refractivity contribution in [2.24, 2.45) is 5.92 Å². The molecule has 2 rings (SSSR count). The van der Waals surface area contributed by atoms with Crippen molar-refractivity contribution in [3.63, 3.8) is 0 Å². The Kier molecular flexibility index (Phi) is 7.70. The van der Waals surface area contributed by atoms with Gasteiger partial charge >= 0.3 is 5.69 Å². The lowest BCUT2D eigenvalue weighted by atomic mass is 10.1. The second-order valence-electron chi connectivity index (χ2n) is 5.16. The van der Waals surface area contributed by atoms with Crippen molar-refractivity contribution in [3.05, 3.63) is 34.1 Å². The monoisotopic (exact) mass is 347 g/mol. The third-order valence-electron chi connectivity index (χ3n) is 3.52. The summed E-state index contributed by atoms with van der Waals surface area (Å²) in [7, 11) is 0. The maximum Gasteiger partial charge on any atom is 0.305 e. The first-order valence-electron chi connectivity index (χ1n) is 7.10. The van der Waals surface area contributed by atoms with Crippen LogP contribution in [0.3, 0.4) is 0 Å². The van der Waals surface area contributed by atoms with Crippen molar-refractivity contribution in [2.75, 3.05) is 26.2 Å². The largest absolute Gasteiger partial charge is 0.484 e. The van der Waals surface area contributed by atoms with Crippen molar-refractivity contribution < 1.29 is 18.8 Å². The first-order chi connectivity index (χ1) is 10.6. The van der Waals surface area contributed by atoms with Gasteiger partial charge in [0.05, 0.1) is 4.92 Å². The molecule has 1 unspecified atom stereocenters. The number of carbonyl (C=O) groups is 1. The molecule has 9 heteroatoms. The maximum atomic E-state index is 13.4. The van der Waals surface area contributed by atoms with E-state index in [0.717, 1.165) is 38.1 Å². The lowest BCUT2D eigenvalue weighted by molar-refractivity contribution is -0.387. The summed E-state index contributed by atoms with van der Waals surface area (Å²) in [4.78, 5) is 21.3. The number of rotatable bonds is 7. The molecule has 0 radical (unpaired) electrons. The highest BCUT2D eigenvalue weighted by Gasteiger charge is 2.16. The standard InChI is InChI=1S/C14H18FN3O4.ClH/c15-12-7-11(1-2-13(12)18(20)21)22-9-14(19)17-6-4-10-3-5-16-8-10;/h1-2,7,10,16H,3-6,8-9H2,(H,17,19);1H. The molecule has 0 spiro atoms. The molecule has 23 heavy (non-hydrogen) atoms. The van der Waals surface area contributed by atoms with Gasteiger partial charge in [-0.15, -0.1) is 12.4 Å². The van der Waals surface area contributed by atoms with Crippen LogP contribution in [0.2, 0.25) is 0 Å². The molecule has 1 aliphatic heterocycles. The van der Waals surface area contributed by atoms with Gasteiger partial charge in [0.25, 0.3) is 5.91 Å². The van der Waals surface area contributed by atoms with Crippen LogP contribution >= 0.6 is 12.4 Å². The molecule has 1 aliphatic rings. The Morgan fingerprint density at radius 3 is 2.91 bits per heavy atom. The molecular weight excluding hydrogens is 329 g/mol. The molecule has 1 saturated heterocycles. The first-order valence-corrected chi connectivity index (χ1v) is 7.10. The third-order valence-corrected chi connectivity index (χ3v) is 3.52. The molecule has 1 aromatic carbocycles. The number of hydrogen-bond donors (Lipinski definition) is 2. The molecule has 0 aromatic heterocycles. The zero-order valence-corrected chi connectivity index (χ0v) is 13.2. The summed E-state index contributed by atoms with van der Waals surface area (Å²) >= 11 is 0. The molecule has 2 N–H and O–H groups in total. The van der Waals surface area contributed by atoms with Crippen molar-refractivity contribution >= 4 is 24.0 Å². The molecule has 1 heterocycles. The van der Waals surface area contributed by atoms with E-state index in [1.54, 1.807) is 0 Å². The molecule has 1 amide bonds. The van der Waals surface area contributed by atoms with E-state index >= 15 is 0 Å². The number of nitrogens with zero attached hydrogens (tertiary/aromatic N) is 1. The summed E-state index contributed by atoms with van der Waals surface area (Å²) in [6.07, 6.45) is 2.03. The Hall–Kier alpha value is -1.93. The predicted octanol–water partition coefficient (Wildman–Crippen LogP) is 1.65. The number of carbonyl (C=O) groups excluding carboxylic acids is 1. The zero-order chi connectivity index (χ0) is 15.9. The zero-order valence-electron chi connectivity index (χ0n) is 12.4. The Balaban J connectivity index is 0.00000264. The van der Waals surface area contributed by atoms with E-state index in [2.05, 4.69) is 10.6 Å². The summed E-state index contributed by atoms with van der Waals surface area (Å²) in [5, 5.41) is 16.5. The van der Waals surface area contributed by atoms with Gasteiger partial charge in [-0.3, -0.25) is 14.9 Å². The SMILES string of the molecule is Cl.O=C(COc1ccc([N+](=O)[O-])c(F)c1)NCCC1CCNC1. The number of halogens is 2. The van der Waals surface area contributed by atoms with Crippen molar-refractivity contribution in [1.29, 1.82) is 0 Å². The average molecular weight is 348 g/mol. The van der Waals surface area contributed by atoms with Gasteiger partial charge in [0.15, 0.2) is 6.61 Å². The lowest BCUT2D eigenvalue weighted by Gasteiger charge is -2.10. The van der Waals surface area contributed by atoms with Crippen LogP contribution in [0, 0.1) is 21.8 Å². The van der Waals surface area contributed by atoms with Crippen LogP contribution in [0.1, 0.15) is 12.8 Å². The average Bonchev–Trinajstić information content (AvgIpc) is 2.98. The summed E-state index contributed by atoms with van der Waals surface area (Å²) in [5.74, 6) is -0.621. The van der Waals surface area contributed by atoms with Crippen molar-refractivity contribution in [3.8, 4) is 5.75 Å². The van der Waals surface area contributed by atoms with Gasteiger partial charge in [0, 0.05) is 18.7 Å². The maximum absolute atomic E-state index is 13.4. The number of hydrogen-bond acceptors (Lipinski definition) is 5. The molecule has 0 aliphatic carbocycles. The number of nitro benzene ring substituents is 1. The summed E-state index contributed by atoms with van der Waals surface area (Å²) < 4.78 is 18.5. The summed E-state index contributed by atoms with van der Waals surface area (Å²) in [6, 6.07) is 3.17. The van der Waals surface area contributed by atoms with E-state index in [0.29, 0.717) is 12.5 Å². The van der Waals surface area contributed by atoms with Gasteiger partial charge in [0.2, 0.25) is 5.82 Å². The number of nitrogens with one attached hydrogen (secondary N) is 2. The molecule has 1 fully saturated rings. The number of benzene rings is 1. The molecular formula is C14H19ClFN3O4. The minimum absolute atomic E-state index is 0. The van der Waals surface area contributed by atoms with Crippen LogP contribution in [0.15, 0.2) is 18.2 Å². The second kappa shape index (κ2) is 9.26. The fourth-order valence-electron chi connectivity index (χ4n) is 2.30. The highest BCUT2D eigenvalue weighted by molar-refractivity contribution is 5.85. The minimum Gasteiger partial charge on any atom is -0.484 e. The van der Waals surface area contributed by atoms with E-state index in [-0.39, 0.29) is 30.7 Å². The predicted molar refractivity (Wildman–Crippen MR) is 84.4 cm³/mol. The molecule has 128 valence electrons. The highest BCUT2D eigenvalue weighted by Crippen LogP contribution is 2.22. The van der Waals surface area contributed by atoms with Gasteiger partial charge < -0.3 is 15.4 Å². The third kappa shape index (κ3) is 5.99. The van der Waals surface area contributed by atoms with Crippen LogP contribution in [-0.2, 0) is 4.79 Å². The van der Waals surface area contributed by atoms with E-state index in [1.165, 1.54) is 6.07 Å². The van der Waals surface area contributed by atoms with Gasteiger partial charge in [-0.05, 0) is 37.9 Å². The van der Waals surface area contributed by atoms with E-state index in [4.69, 9.17) is 4.74 Å². The van der Waals surface area contributed by atoms with Gasteiger partial charge in [-0.25, -0.2) is 0 Å². The Bertz CT molecular complexity index is 553. The fourth-order valence-corrected chi connectivity index (χ4v) is 2.30. The summed E-state index contributed by atoms with van der Waals surface area (Å²) in [5.41, 5.74) is -0.623. The minimum atomic E-state index is -0.989. The van der Waals surface area contributed by atoms with E-state index in [1.807, 2.05) is 0 Å². The van der Waals surface area contributed by atoms with Gasteiger partial charge in [-0.1, -0.05) is 0 Å². The van der Waals surface area contributed by atoms with E-state index < -0.39 is 16.4 Å². The van der Waals surface area contributed by atoms with Crippen LogP contribution in [0.4, 0.5) is 10.1 Å². The number of amides is 1. The lowest BCUT2D eigenvalue weighted by Crippen LogP contribution is -2.30. The Morgan fingerprint density at radius 1 is 1.52 bits per heavy atom. The van der Waals surface area contributed by atoms with Crippen LogP contribution in [0.25, 0.3) is 0 Å². The van der Waals surface area contributed by atoms with Crippen LogP contribution in [0.5, 0.6) is 5.75 Å². The first kappa shape index (κ1) is 19.1. The van der Waals surface area contributed by atoms with Crippen LogP contribution < -0.4 is 15.4 Å². The molecule has 7 nitrogen and oxygen atoms in total. The normalized spacial score (nSPS) is 16.5. The number of nitro groups is 1. The van der Waals surface area contributed by atoms with E-state index in [9.17, 15) is 19.3 Å². The quantitative estimate of drug-likeness (QED) is 0.578. The summed E-state index contributed by atoms with van der Waals surface area (Å²) in [6.45, 7) is 2.32. The van der Waals surface area contributed by atoms with Crippen molar-refractivity contribution in [1.82, 2.24) is 10.6 Å². The fraction of sp³-hybridized carbons (Fsp3) is 0.500. The molecule has 0 saturated carbocycles. The van der Waals surface area contributed by atoms with Gasteiger partial charge in [0.1, 0.15) is 5.75 Å². The molecule has 1 atom stereocenters. The second-order valence-corrected chi connectivity index (χ2v) is 5.16. The highest BCUT2D eigenvalue weighted by atomic mass is 35.5. The Labute approximate surface area is 139 Å².